The molecule has 0 radical (unpaired) electrons. The largest absolute Gasteiger partial charge is 0.481 e. The smallest absolute Gasteiger partial charge is 0.307 e. The Balaban J connectivity index is 1.92. The second-order valence-electron chi connectivity index (χ2n) is 5.16. The Morgan fingerprint density at radius 2 is 2.05 bits per heavy atom. The average Bonchev–Trinajstić information content (AvgIpc) is 2.55. The molecule has 1 aliphatic heterocycles. The van der Waals surface area contributed by atoms with E-state index in [1.165, 1.54) is 5.56 Å². The number of nitrogens with zero attached hydrogens (tertiary/aromatic N) is 1. The summed E-state index contributed by atoms with van der Waals surface area (Å²) in [6.07, 6.45) is 1.45. The first-order valence-corrected chi connectivity index (χ1v) is 6.77. The lowest BCUT2D eigenvalue weighted by atomic mass is 10.1. The van der Waals surface area contributed by atoms with Gasteiger partial charge < -0.3 is 9.84 Å². The van der Waals surface area contributed by atoms with Crippen LogP contribution >= 0.6 is 0 Å². The van der Waals surface area contributed by atoms with Crippen LogP contribution in [0.15, 0.2) is 24.3 Å². The van der Waals surface area contributed by atoms with Gasteiger partial charge in [-0.1, -0.05) is 24.3 Å². The van der Waals surface area contributed by atoms with E-state index < -0.39 is 5.97 Å². The minimum absolute atomic E-state index is 0.0921. The van der Waals surface area contributed by atoms with Crippen LogP contribution < -0.4 is 0 Å². The van der Waals surface area contributed by atoms with Gasteiger partial charge in [0.25, 0.3) is 0 Å². The van der Waals surface area contributed by atoms with Crippen LogP contribution in [0.4, 0.5) is 0 Å². The van der Waals surface area contributed by atoms with E-state index in [0.717, 1.165) is 38.2 Å². The van der Waals surface area contributed by atoms with Crippen LogP contribution in [0, 0.1) is 0 Å². The standard InChI is InChI=1S/C15H21NO3/c1-12-10-16(7-2-8-19-12)11-14-5-3-13(4-6-14)9-15(17)18/h3-6,12H,2,7-11H2,1H3,(H,17,18). The first-order valence-electron chi connectivity index (χ1n) is 6.77. The average molecular weight is 263 g/mol. The third-order valence-corrected chi connectivity index (χ3v) is 3.32. The number of carbonyl (C=O) groups is 1. The Kier molecular flexibility index (Phi) is 4.93. The van der Waals surface area contributed by atoms with E-state index in [0.29, 0.717) is 0 Å². The summed E-state index contributed by atoms with van der Waals surface area (Å²) in [7, 11) is 0. The van der Waals surface area contributed by atoms with Gasteiger partial charge in [-0.05, 0) is 24.5 Å². The first-order chi connectivity index (χ1) is 9.13. The van der Waals surface area contributed by atoms with Crippen molar-refractivity contribution in [3.8, 4) is 0 Å². The van der Waals surface area contributed by atoms with Crippen LogP contribution in [0.2, 0.25) is 0 Å². The second-order valence-corrected chi connectivity index (χ2v) is 5.16. The molecule has 0 aromatic heterocycles. The fraction of sp³-hybridized carbons (Fsp3) is 0.533. The van der Waals surface area contributed by atoms with E-state index in [1.54, 1.807) is 0 Å². The zero-order valence-corrected chi connectivity index (χ0v) is 11.3. The van der Waals surface area contributed by atoms with Gasteiger partial charge in [-0.3, -0.25) is 9.69 Å². The van der Waals surface area contributed by atoms with Gasteiger partial charge >= 0.3 is 5.97 Å². The van der Waals surface area contributed by atoms with Crippen molar-refractivity contribution in [2.24, 2.45) is 0 Å². The van der Waals surface area contributed by atoms with E-state index in [-0.39, 0.29) is 12.5 Å². The van der Waals surface area contributed by atoms with Crippen molar-refractivity contribution < 1.29 is 14.6 Å². The van der Waals surface area contributed by atoms with Crippen molar-refractivity contribution in [1.29, 1.82) is 0 Å². The molecule has 4 nitrogen and oxygen atoms in total. The number of benzene rings is 1. The molecule has 19 heavy (non-hydrogen) atoms. The monoisotopic (exact) mass is 263 g/mol. The molecule has 104 valence electrons. The molecule has 1 unspecified atom stereocenters. The summed E-state index contributed by atoms with van der Waals surface area (Å²) in [4.78, 5) is 13.0. The lowest BCUT2D eigenvalue weighted by Gasteiger charge is -2.21. The molecule has 0 saturated carbocycles. The Bertz CT molecular complexity index is 416. The fourth-order valence-corrected chi connectivity index (χ4v) is 2.42. The molecule has 0 bridgehead atoms. The summed E-state index contributed by atoms with van der Waals surface area (Å²) in [5.74, 6) is -0.786. The maximum Gasteiger partial charge on any atom is 0.307 e. The topological polar surface area (TPSA) is 49.8 Å². The quantitative estimate of drug-likeness (QED) is 0.901. The number of aliphatic carboxylic acids is 1. The van der Waals surface area contributed by atoms with E-state index in [2.05, 4.69) is 11.8 Å². The maximum atomic E-state index is 10.6. The molecule has 4 heteroatoms. The van der Waals surface area contributed by atoms with Gasteiger partial charge in [-0.2, -0.15) is 0 Å². The van der Waals surface area contributed by atoms with Crippen molar-refractivity contribution in [2.45, 2.75) is 32.4 Å². The van der Waals surface area contributed by atoms with Crippen molar-refractivity contribution in [1.82, 2.24) is 4.90 Å². The van der Waals surface area contributed by atoms with Gasteiger partial charge in [0, 0.05) is 26.2 Å². The minimum Gasteiger partial charge on any atom is -0.481 e. The number of carboxylic acids is 1. The number of hydrogen-bond donors (Lipinski definition) is 1. The van der Waals surface area contributed by atoms with Crippen molar-refractivity contribution >= 4 is 5.97 Å². The molecule has 0 spiro atoms. The van der Waals surface area contributed by atoms with Crippen LogP contribution in [-0.2, 0) is 22.5 Å². The van der Waals surface area contributed by atoms with Crippen molar-refractivity contribution in [2.75, 3.05) is 19.7 Å². The second kappa shape index (κ2) is 6.68. The molecule has 1 aliphatic rings. The highest BCUT2D eigenvalue weighted by atomic mass is 16.5. The molecular formula is C15H21NO3. The predicted octanol–water partition coefficient (Wildman–Crippen LogP) is 1.92. The van der Waals surface area contributed by atoms with Crippen LogP contribution in [0.25, 0.3) is 0 Å². The van der Waals surface area contributed by atoms with E-state index in [1.807, 2.05) is 24.3 Å². The van der Waals surface area contributed by atoms with Crippen LogP contribution in [-0.4, -0.2) is 41.8 Å². The fourth-order valence-electron chi connectivity index (χ4n) is 2.42. The van der Waals surface area contributed by atoms with Gasteiger partial charge in [0.2, 0.25) is 0 Å². The van der Waals surface area contributed by atoms with Gasteiger partial charge in [0.05, 0.1) is 12.5 Å². The molecule has 1 atom stereocenters. The number of rotatable bonds is 4. The normalized spacial score (nSPS) is 21.0. The molecular weight excluding hydrogens is 242 g/mol. The maximum absolute atomic E-state index is 10.6. The Labute approximate surface area is 114 Å². The molecule has 1 aromatic carbocycles. The zero-order chi connectivity index (χ0) is 13.7. The molecule has 1 N–H and O–H groups in total. The summed E-state index contributed by atoms with van der Waals surface area (Å²) in [5.41, 5.74) is 2.08. The SMILES string of the molecule is CC1CN(Cc2ccc(CC(=O)O)cc2)CCCO1. The van der Waals surface area contributed by atoms with Gasteiger partial charge in [-0.15, -0.1) is 0 Å². The summed E-state index contributed by atoms with van der Waals surface area (Å²) < 4.78 is 5.63. The van der Waals surface area contributed by atoms with Crippen LogP contribution in [0.1, 0.15) is 24.5 Å². The van der Waals surface area contributed by atoms with Gasteiger partial charge in [-0.25, -0.2) is 0 Å². The molecule has 0 aliphatic carbocycles. The van der Waals surface area contributed by atoms with Gasteiger partial charge in [0.15, 0.2) is 0 Å². The first kappa shape index (κ1) is 14.0. The summed E-state index contributed by atoms with van der Waals surface area (Å²) >= 11 is 0. The highest BCUT2D eigenvalue weighted by molar-refractivity contribution is 5.70. The van der Waals surface area contributed by atoms with Crippen LogP contribution in [0.5, 0.6) is 0 Å². The van der Waals surface area contributed by atoms with Gasteiger partial charge in [0.1, 0.15) is 0 Å². The summed E-state index contributed by atoms with van der Waals surface area (Å²) in [6, 6.07) is 7.85. The Hall–Kier alpha value is -1.39. The molecule has 1 fully saturated rings. The molecule has 1 saturated heterocycles. The van der Waals surface area contributed by atoms with E-state index in [4.69, 9.17) is 9.84 Å². The van der Waals surface area contributed by atoms with E-state index in [9.17, 15) is 4.79 Å². The zero-order valence-electron chi connectivity index (χ0n) is 11.3. The minimum atomic E-state index is -0.786. The lowest BCUT2D eigenvalue weighted by Crippen LogP contribution is -2.29. The van der Waals surface area contributed by atoms with Crippen LogP contribution in [0.3, 0.4) is 0 Å². The molecule has 2 rings (SSSR count). The highest BCUT2D eigenvalue weighted by Gasteiger charge is 2.14. The third kappa shape index (κ3) is 4.65. The predicted molar refractivity (Wildman–Crippen MR) is 73.1 cm³/mol. The molecule has 1 aromatic rings. The Morgan fingerprint density at radius 3 is 2.74 bits per heavy atom. The number of carboxylic acid groups (broad SMARTS) is 1. The third-order valence-electron chi connectivity index (χ3n) is 3.32. The molecule has 1 heterocycles. The molecule has 0 amide bonds. The van der Waals surface area contributed by atoms with E-state index >= 15 is 0 Å². The summed E-state index contributed by atoms with van der Waals surface area (Å²) in [6.45, 7) is 5.86. The lowest BCUT2D eigenvalue weighted by molar-refractivity contribution is -0.136. The number of hydrogen-bond acceptors (Lipinski definition) is 3. The highest BCUT2D eigenvalue weighted by Crippen LogP contribution is 2.12. The van der Waals surface area contributed by atoms with Crippen molar-refractivity contribution in [3.05, 3.63) is 35.4 Å². The number of ether oxygens (including phenoxy) is 1. The Morgan fingerprint density at radius 1 is 1.37 bits per heavy atom. The summed E-state index contributed by atoms with van der Waals surface area (Å²) in [5, 5.41) is 8.74. The van der Waals surface area contributed by atoms with Crippen molar-refractivity contribution in [3.63, 3.8) is 0 Å².